The molecule has 0 unspecified atom stereocenters. The molecule has 2 aliphatic heterocycles. The zero-order valence-electron chi connectivity index (χ0n) is 16.4. The number of imide groups is 1. The van der Waals surface area contributed by atoms with Crippen LogP contribution < -0.4 is 9.47 Å². The zero-order chi connectivity index (χ0) is 21.0. The Hall–Kier alpha value is -2.00. The number of amides is 3. The molecule has 3 rings (SSSR count). The number of thioether (sulfide) groups is 1. The van der Waals surface area contributed by atoms with E-state index in [9.17, 15) is 14.4 Å². The summed E-state index contributed by atoms with van der Waals surface area (Å²) in [5.74, 6) is 0.543. The molecular weight excluding hydrogens is 460 g/mol. The molecule has 2 heterocycles. The third kappa shape index (κ3) is 4.95. The highest BCUT2D eigenvalue weighted by Crippen LogP contribution is 2.38. The molecule has 2 aliphatic rings. The molecule has 2 saturated heterocycles. The fourth-order valence-corrected chi connectivity index (χ4v) is 4.49. The first-order chi connectivity index (χ1) is 13.9. The van der Waals surface area contributed by atoms with Gasteiger partial charge >= 0.3 is 0 Å². The number of nitrogens with zero attached hydrogens (tertiary/aromatic N) is 2. The highest BCUT2D eigenvalue weighted by Gasteiger charge is 2.37. The van der Waals surface area contributed by atoms with E-state index in [-0.39, 0.29) is 17.4 Å². The summed E-state index contributed by atoms with van der Waals surface area (Å²) in [6.45, 7) is 5.86. The molecule has 0 spiro atoms. The predicted molar refractivity (Wildman–Crippen MR) is 115 cm³/mol. The van der Waals surface area contributed by atoms with Gasteiger partial charge in [-0.25, -0.2) is 0 Å². The largest absolute Gasteiger partial charge is 0.493 e. The second-order valence-electron chi connectivity index (χ2n) is 6.54. The van der Waals surface area contributed by atoms with Crippen LogP contribution in [0.1, 0.15) is 32.3 Å². The maximum absolute atomic E-state index is 12.8. The first-order valence-corrected chi connectivity index (χ1v) is 11.2. The molecule has 9 heteroatoms. The quantitative estimate of drug-likeness (QED) is 0.548. The summed E-state index contributed by atoms with van der Waals surface area (Å²) in [5.41, 5.74) is 0.651. The lowest BCUT2D eigenvalue weighted by Gasteiger charge is -2.18. The van der Waals surface area contributed by atoms with E-state index in [4.69, 9.17) is 9.47 Å². The van der Waals surface area contributed by atoms with Crippen molar-refractivity contribution in [3.8, 4) is 11.5 Å². The normalized spacial score (nSPS) is 18.1. The average Bonchev–Trinajstić information content (AvgIpc) is 3.30. The van der Waals surface area contributed by atoms with Gasteiger partial charge in [-0.1, -0.05) is 0 Å². The summed E-state index contributed by atoms with van der Waals surface area (Å²) in [6, 6.07) is 3.55. The molecule has 0 radical (unpaired) electrons. The van der Waals surface area contributed by atoms with E-state index >= 15 is 0 Å². The van der Waals surface area contributed by atoms with Crippen molar-refractivity contribution in [2.24, 2.45) is 0 Å². The van der Waals surface area contributed by atoms with E-state index in [1.807, 2.05) is 13.8 Å². The van der Waals surface area contributed by atoms with Gasteiger partial charge in [-0.15, -0.1) is 0 Å². The number of carbonyl (C=O) groups is 3. The van der Waals surface area contributed by atoms with Gasteiger partial charge in [-0.3, -0.25) is 19.3 Å². The zero-order valence-corrected chi connectivity index (χ0v) is 18.8. The Kier molecular flexibility index (Phi) is 7.23. The summed E-state index contributed by atoms with van der Waals surface area (Å²) in [7, 11) is 0. The van der Waals surface area contributed by atoms with Crippen molar-refractivity contribution in [2.75, 3.05) is 32.8 Å². The fourth-order valence-electron chi connectivity index (χ4n) is 3.19. The molecule has 7 nitrogen and oxygen atoms in total. The molecule has 0 N–H and O–H groups in total. The van der Waals surface area contributed by atoms with Gasteiger partial charge in [0.05, 0.1) is 22.6 Å². The van der Waals surface area contributed by atoms with E-state index in [1.54, 1.807) is 23.1 Å². The minimum atomic E-state index is -0.458. The third-order valence-electron chi connectivity index (χ3n) is 4.58. The molecule has 3 amide bonds. The number of hydrogen-bond acceptors (Lipinski definition) is 6. The van der Waals surface area contributed by atoms with Crippen molar-refractivity contribution in [3.05, 3.63) is 27.1 Å². The van der Waals surface area contributed by atoms with E-state index < -0.39 is 11.1 Å². The van der Waals surface area contributed by atoms with Crippen LogP contribution in [0.25, 0.3) is 6.08 Å². The number of ether oxygens (including phenoxy) is 2. The van der Waals surface area contributed by atoms with Crippen molar-refractivity contribution < 1.29 is 23.9 Å². The lowest BCUT2D eigenvalue weighted by Crippen LogP contribution is -2.40. The van der Waals surface area contributed by atoms with E-state index in [1.165, 1.54) is 0 Å². The van der Waals surface area contributed by atoms with Crippen LogP contribution >= 0.6 is 27.7 Å². The van der Waals surface area contributed by atoms with Crippen molar-refractivity contribution in [3.63, 3.8) is 0 Å². The average molecular weight is 483 g/mol. The predicted octanol–water partition coefficient (Wildman–Crippen LogP) is 3.91. The molecule has 29 heavy (non-hydrogen) atoms. The van der Waals surface area contributed by atoms with Gasteiger partial charge < -0.3 is 14.4 Å². The number of benzene rings is 1. The van der Waals surface area contributed by atoms with E-state index in [0.29, 0.717) is 43.4 Å². The highest BCUT2D eigenvalue weighted by atomic mass is 79.9. The number of rotatable bonds is 7. The number of halogens is 1. The van der Waals surface area contributed by atoms with Gasteiger partial charge in [0.1, 0.15) is 18.0 Å². The Balaban J connectivity index is 1.83. The molecular formula is C20H23BrN2O5S. The lowest BCUT2D eigenvalue weighted by molar-refractivity contribution is -0.135. The van der Waals surface area contributed by atoms with Crippen LogP contribution in [-0.2, 0) is 9.59 Å². The Morgan fingerprint density at radius 3 is 2.45 bits per heavy atom. The molecule has 156 valence electrons. The topological polar surface area (TPSA) is 76.2 Å². The van der Waals surface area contributed by atoms with Crippen molar-refractivity contribution in [2.45, 2.75) is 26.7 Å². The summed E-state index contributed by atoms with van der Waals surface area (Å²) >= 11 is 4.30. The van der Waals surface area contributed by atoms with Crippen molar-refractivity contribution in [1.82, 2.24) is 9.80 Å². The molecule has 1 aromatic carbocycles. The third-order valence-corrected chi connectivity index (χ3v) is 6.10. The second kappa shape index (κ2) is 9.67. The van der Waals surface area contributed by atoms with Crippen LogP contribution in [0.5, 0.6) is 11.5 Å². The Morgan fingerprint density at radius 1 is 1.14 bits per heavy atom. The van der Waals surface area contributed by atoms with Crippen LogP contribution in [-0.4, -0.2) is 59.7 Å². The molecule has 0 aliphatic carbocycles. The van der Waals surface area contributed by atoms with Gasteiger partial charge in [0.2, 0.25) is 5.91 Å². The van der Waals surface area contributed by atoms with Crippen LogP contribution in [0.4, 0.5) is 4.79 Å². The Morgan fingerprint density at radius 2 is 1.79 bits per heavy atom. The van der Waals surface area contributed by atoms with Gasteiger partial charge in [-0.2, -0.15) is 0 Å². The standard InChI is InChI=1S/C20H23BrN2O5S/c1-3-27-15-11-16(28-4-2)14(21)9-13(15)10-17-19(25)23(20(26)29-17)12-18(24)22-7-5-6-8-22/h9-11H,3-8,12H2,1-2H3/b17-10+. The minimum Gasteiger partial charge on any atom is -0.493 e. The molecule has 0 bridgehead atoms. The van der Waals surface area contributed by atoms with Gasteiger partial charge in [0.25, 0.3) is 11.1 Å². The molecule has 0 aromatic heterocycles. The summed E-state index contributed by atoms with van der Waals surface area (Å²) in [5, 5.41) is -0.434. The van der Waals surface area contributed by atoms with E-state index in [2.05, 4.69) is 15.9 Å². The highest BCUT2D eigenvalue weighted by molar-refractivity contribution is 9.10. The van der Waals surface area contributed by atoms with Crippen molar-refractivity contribution >= 4 is 50.8 Å². The van der Waals surface area contributed by atoms with Gasteiger partial charge in [0.15, 0.2) is 0 Å². The summed E-state index contributed by atoms with van der Waals surface area (Å²) in [6.07, 6.45) is 3.54. The Labute approximate surface area is 182 Å². The molecule has 0 saturated carbocycles. The van der Waals surface area contributed by atoms with Crippen LogP contribution in [0, 0.1) is 0 Å². The minimum absolute atomic E-state index is 0.190. The lowest BCUT2D eigenvalue weighted by atomic mass is 10.1. The number of hydrogen-bond donors (Lipinski definition) is 0. The maximum Gasteiger partial charge on any atom is 0.294 e. The first-order valence-electron chi connectivity index (χ1n) is 9.56. The molecule has 1 aromatic rings. The van der Waals surface area contributed by atoms with Crippen LogP contribution in [0.2, 0.25) is 0 Å². The van der Waals surface area contributed by atoms with Crippen molar-refractivity contribution in [1.29, 1.82) is 0 Å². The summed E-state index contributed by atoms with van der Waals surface area (Å²) in [4.78, 5) is 40.4. The van der Waals surface area contributed by atoms with E-state index in [0.717, 1.165) is 34.0 Å². The number of carbonyl (C=O) groups excluding carboxylic acids is 3. The van der Waals surface area contributed by atoms with Gasteiger partial charge in [0, 0.05) is 24.7 Å². The molecule has 2 fully saturated rings. The second-order valence-corrected chi connectivity index (χ2v) is 8.39. The smallest absolute Gasteiger partial charge is 0.294 e. The monoisotopic (exact) mass is 482 g/mol. The van der Waals surface area contributed by atoms with Crippen LogP contribution in [0.3, 0.4) is 0 Å². The maximum atomic E-state index is 12.8. The first kappa shape index (κ1) is 21.7. The van der Waals surface area contributed by atoms with Crippen LogP contribution in [0.15, 0.2) is 21.5 Å². The van der Waals surface area contributed by atoms with Gasteiger partial charge in [-0.05, 0) is 66.5 Å². The SMILES string of the molecule is CCOc1cc(OCC)c(/C=C2/SC(=O)N(CC(=O)N3CCCC3)C2=O)cc1Br. The fraction of sp³-hybridized carbons (Fsp3) is 0.450. The molecule has 0 atom stereocenters. The Bertz CT molecular complexity index is 852. The summed E-state index contributed by atoms with van der Waals surface area (Å²) < 4.78 is 12.0. The number of likely N-dealkylation sites (tertiary alicyclic amines) is 1.